The Kier molecular flexibility index (Phi) is 8.24. The van der Waals surface area contributed by atoms with Crippen LogP contribution in [0.3, 0.4) is 0 Å². The van der Waals surface area contributed by atoms with Gasteiger partial charge in [0.2, 0.25) is 5.91 Å². The summed E-state index contributed by atoms with van der Waals surface area (Å²) >= 11 is 12.7. The number of nitrogens with zero attached hydrogens (tertiary/aromatic N) is 3. The number of amides is 3. The van der Waals surface area contributed by atoms with E-state index in [0.717, 1.165) is 38.8 Å². The summed E-state index contributed by atoms with van der Waals surface area (Å²) in [4.78, 5) is 44.5. The van der Waals surface area contributed by atoms with E-state index in [1.165, 1.54) is 4.90 Å². The van der Waals surface area contributed by atoms with Gasteiger partial charge in [-0.25, -0.2) is 9.59 Å². The topological polar surface area (TPSA) is 82.2 Å². The first kappa shape index (κ1) is 25.8. The Morgan fingerprint density at radius 3 is 2.57 bits per heavy atom. The van der Waals surface area contributed by atoms with Gasteiger partial charge in [0.15, 0.2) is 0 Å². The van der Waals surface area contributed by atoms with Crippen molar-refractivity contribution in [1.82, 2.24) is 20.0 Å². The van der Waals surface area contributed by atoms with Crippen LogP contribution < -0.4 is 5.32 Å². The molecular weight excluding hydrogens is 491 g/mol. The molecule has 3 aliphatic rings. The van der Waals surface area contributed by atoms with Gasteiger partial charge in [-0.05, 0) is 37.8 Å². The molecule has 0 aromatic heterocycles. The molecule has 2 aliphatic heterocycles. The first-order valence-corrected chi connectivity index (χ1v) is 13.0. The van der Waals surface area contributed by atoms with Gasteiger partial charge in [0.1, 0.15) is 0 Å². The third-order valence-corrected chi connectivity index (χ3v) is 7.93. The van der Waals surface area contributed by atoms with Crippen molar-refractivity contribution in [2.24, 2.45) is 5.92 Å². The summed E-state index contributed by atoms with van der Waals surface area (Å²) in [5, 5.41) is 3.50. The van der Waals surface area contributed by atoms with Crippen LogP contribution in [0, 0.1) is 5.92 Å². The Hall–Kier alpha value is -2.29. The molecule has 1 aromatic rings. The van der Waals surface area contributed by atoms with Crippen LogP contribution in [-0.4, -0.2) is 79.0 Å². The van der Waals surface area contributed by atoms with Gasteiger partial charge in [-0.1, -0.05) is 41.8 Å². The highest BCUT2D eigenvalue weighted by Gasteiger charge is 2.39. The predicted molar refractivity (Wildman–Crippen MR) is 134 cm³/mol. The Morgan fingerprint density at radius 1 is 1.11 bits per heavy atom. The highest BCUT2D eigenvalue weighted by atomic mass is 35.5. The van der Waals surface area contributed by atoms with E-state index in [4.69, 9.17) is 27.9 Å². The number of likely N-dealkylation sites (N-methyl/N-ethyl adjacent to an activating group) is 1. The maximum Gasteiger partial charge on any atom is 0.338 e. The van der Waals surface area contributed by atoms with Crippen molar-refractivity contribution < 1.29 is 19.1 Å². The van der Waals surface area contributed by atoms with E-state index in [9.17, 15) is 14.4 Å². The van der Waals surface area contributed by atoms with Gasteiger partial charge in [-0.3, -0.25) is 14.6 Å². The number of esters is 1. The van der Waals surface area contributed by atoms with Crippen molar-refractivity contribution in [1.29, 1.82) is 0 Å². The smallest absolute Gasteiger partial charge is 0.338 e. The third-order valence-electron chi connectivity index (χ3n) is 7.09. The van der Waals surface area contributed by atoms with Crippen molar-refractivity contribution in [3.63, 3.8) is 0 Å². The summed E-state index contributed by atoms with van der Waals surface area (Å²) in [5.74, 6) is -0.0718. The number of hydrogen-bond donors (Lipinski definition) is 1. The lowest BCUT2D eigenvalue weighted by Gasteiger charge is -2.37. The largest absolute Gasteiger partial charge is 0.463 e. The molecule has 1 aromatic carbocycles. The Bertz CT molecular complexity index is 1030. The van der Waals surface area contributed by atoms with Gasteiger partial charge in [0, 0.05) is 51.4 Å². The molecule has 0 spiro atoms. The maximum atomic E-state index is 13.2. The number of ether oxygens (including phenoxy) is 1. The molecule has 1 atom stereocenters. The molecule has 35 heavy (non-hydrogen) atoms. The van der Waals surface area contributed by atoms with Crippen LogP contribution in [-0.2, 0) is 14.3 Å². The number of carbonyl (C=O) groups is 3. The molecule has 1 saturated heterocycles. The molecule has 2 fully saturated rings. The summed E-state index contributed by atoms with van der Waals surface area (Å²) in [5.41, 5.74) is 1.44. The van der Waals surface area contributed by atoms with Crippen LogP contribution in [0.4, 0.5) is 4.79 Å². The van der Waals surface area contributed by atoms with E-state index >= 15 is 0 Å². The van der Waals surface area contributed by atoms with Gasteiger partial charge < -0.3 is 15.0 Å². The number of halogens is 2. The number of urea groups is 1. The maximum absolute atomic E-state index is 13.2. The second kappa shape index (κ2) is 11.2. The quantitative estimate of drug-likeness (QED) is 0.574. The highest BCUT2D eigenvalue weighted by molar-refractivity contribution is 6.42. The monoisotopic (exact) mass is 522 g/mol. The minimum Gasteiger partial charge on any atom is -0.463 e. The first-order chi connectivity index (χ1) is 16.8. The Balaban J connectivity index is 1.63. The third kappa shape index (κ3) is 5.44. The number of rotatable bonds is 6. The molecule has 4 rings (SSSR count). The minimum absolute atomic E-state index is 0.177. The molecular formula is C25H32Cl2N4O4. The molecule has 0 bridgehead atoms. The van der Waals surface area contributed by atoms with Crippen molar-refractivity contribution in [3.05, 3.63) is 45.1 Å². The SMILES string of the molecule is CCOC(=O)C1=C(CN2CCCN(C(=O)C3CCC3)CC2)N(C)C(=O)NC1c1cccc(Cl)c1Cl. The lowest BCUT2D eigenvalue weighted by Crippen LogP contribution is -2.49. The number of benzene rings is 1. The minimum atomic E-state index is -0.789. The zero-order chi connectivity index (χ0) is 25.1. The number of carbonyl (C=O) groups excluding carboxylic acids is 3. The van der Waals surface area contributed by atoms with E-state index in [2.05, 4.69) is 10.2 Å². The first-order valence-electron chi connectivity index (χ1n) is 12.2. The second-order valence-electron chi connectivity index (χ2n) is 9.25. The van der Waals surface area contributed by atoms with Crippen LogP contribution in [0.25, 0.3) is 0 Å². The fourth-order valence-electron chi connectivity index (χ4n) is 4.85. The van der Waals surface area contributed by atoms with Crippen molar-refractivity contribution in [3.8, 4) is 0 Å². The summed E-state index contributed by atoms with van der Waals surface area (Å²) in [6, 6.07) is 4.01. The zero-order valence-corrected chi connectivity index (χ0v) is 21.7. The van der Waals surface area contributed by atoms with Gasteiger partial charge in [-0.2, -0.15) is 0 Å². The molecule has 1 unspecified atom stereocenters. The van der Waals surface area contributed by atoms with Crippen molar-refractivity contribution in [2.75, 3.05) is 46.4 Å². The molecule has 190 valence electrons. The van der Waals surface area contributed by atoms with Crippen LogP contribution >= 0.6 is 23.2 Å². The van der Waals surface area contributed by atoms with Crippen LogP contribution in [0.1, 0.15) is 44.2 Å². The average Bonchev–Trinajstić information content (AvgIpc) is 3.03. The number of nitrogens with one attached hydrogen (secondary N) is 1. The van der Waals surface area contributed by atoms with E-state index < -0.39 is 12.0 Å². The van der Waals surface area contributed by atoms with E-state index in [-0.39, 0.29) is 29.5 Å². The highest BCUT2D eigenvalue weighted by Crippen LogP contribution is 2.37. The lowest BCUT2D eigenvalue weighted by atomic mass is 9.84. The predicted octanol–water partition coefficient (Wildman–Crippen LogP) is 3.84. The number of hydrogen-bond acceptors (Lipinski definition) is 5. The van der Waals surface area contributed by atoms with E-state index in [1.54, 1.807) is 32.2 Å². The fraction of sp³-hybridized carbons (Fsp3) is 0.560. The molecule has 10 heteroatoms. The molecule has 1 saturated carbocycles. The lowest BCUT2D eigenvalue weighted by molar-refractivity contribution is -0.139. The molecule has 8 nitrogen and oxygen atoms in total. The average molecular weight is 523 g/mol. The Morgan fingerprint density at radius 2 is 1.89 bits per heavy atom. The summed E-state index contributed by atoms with van der Waals surface area (Å²) < 4.78 is 5.40. The van der Waals surface area contributed by atoms with Gasteiger partial charge in [0.25, 0.3) is 0 Å². The summed E-state index contributed by atoms with van der Waals surface area (Å²) in [7, 11) is 1.64. The van der Waals surface area contributed by atoms with Crippen LogP contribution in [0.15, 0.2) is 29.5 Å². The normalized spacial score (nSPS) is 21.9. The fourth-order valence-corrected chi connectivity index (χ4v) is 5.27. The summed E-state index contributed by atoms with van der Waals surface area (Å²) in [6.07, 6.45) is 3.94. The Labute approximate surface area is 216 Å². The van der Waals surface area contributed by atoms with Crippen LogP contribution in [0.5, 0.6) is 0 Å². The summed E-state index contributed by atoms with van der Waals surface area (Å²) in [6.45, 7) is 5.10. The van der Waals surface area contributed by atoms with Gasteiger partial charge in [0.05, 0.1) is 28.3 Å². The molecule has 1 aliphatic carbocycles. The molecule has 0 radical (unpaired) electrons. The second-order valence-corrected chi connectivity index (χ2v) is 10.0. The van der Waals surface area contributed by atoms with E-state index in [0.29, 0.717) is 41.5 Å². The standard InChI is InChI=1S/C25H32Cl2N4O4/c1-3-35-24(33)20-19(15-30-11-6-12-31(14-13-30)23(32)16-7-4-8-16)29(2)25(34)28-22(20)17-9-5-10-18(26)21(17)27/h5,9-10,16,22H,3-4,6-8,11-15H2,1-2H3,(H,28,34). The molecule has 2 heterocycles. The molecule has 1 N–H and O–H groups in total. The van der Waals surface area contributed by atoms with Crippen molar-refractivity contribution in [2.45, 2.75) is 38.6 Å². The van der Waals surface area contributed by atoms with E-state index in [1.807, 2.05) is 4.90 Å². The van der Waals surface area contributed by atoms with Gasteiger partial charge in [-0.15, -0.1) is 0 Å². The zero-order valence-electron chi connectivity index (χ0n) is 20.2. The van der Waals surface area contributed by atoms with Crippen LogP contribution in [0.2, 0.25) is 10.0 Å². The molecule has 3 amide bonds. The van der Waals surface area contributed by atoms with Crippen molar-refractivity contribution >= 4 is 41.1 Å². The van der Waals surface area contributed by atoms with Gasteiger partial charge >= 0.3 is 12.0 Å².